The van der Waals surface area contributed by atoms with Crippen molar-refractivity contribution in [2.75, 3.05) is 20.4 Å². The molecule has 2 aromatic carbocycles. The molecular weight excluding hydrogens is 457 g/mol. The highest BCUT2D eigenvalue weighted by Gasteiger charge is 2.13. The van der Waals surface area contributed by atoms with E-state index in [0.29, 0.717) is 26.5 Å². The SMILES string of the molecule is CCNC(=NCc1cccc(COC)c1)NCc1ccc2c(c1)OCO2.I. The number of methoxy groups -OCH3 is 1. The molecule has 0 bridgehead atoms. The maximum absolute atomic E-state index is 5.42. The molecule has 0 aliphatic carbocycles. The monoisotopic (exact) mass is 483 g/mol. The summed E-state index contributed by atoms with van der Waals surface area (Å²) in [6.07, 6.45) is 0. The number of hydrogen-bond acceptors (Lipinski definition) is 4. The Morgan fingerprint density at radius 3 is 2.67 bits per heavy atom. The van der Waals surface area contributed by atoms with E-state index < -0.39 is 0 Å². The van der Waals surface area contributed by atoms with Crippen LogP contribution in [-0.2, 0) is 24.4 Å². The fourth-order valence-corrected chi connectivity index (χ4v) is 2.73. The smallest absolute Gasteiger partial charge is 0.231 e. The highest BCUT2D eigenvalue weighted by molar-refractivity contribution is 14.0. The van der Waals surface area contributed by atoms with Crippen molar-refractivity contribution in [2.24, 2.45) is 4.99 Å². The van der Waals surface area contributed by atoms with Crippen molar-refractivity contribution < 1.29 is 14.2 Å². The third-order valence-corrected chi connectivity index (χ3v) is 3.96. The van der Waals surface area contributed by atoms with Gasteiger partial charge in [0.1, 0.15) is 0 Å². The van der Waals surface area contributed by atoms with Crippen molar-refractivity contribution in [3.63, 3.8) is 0 Å². The van der Waals surface area contributed by atoms with Crippen molar-refractivity contribution in [2.45, 2.75) is 26.6 Å². The van der Waals surface area contributed by atoms with Crippen molar-refractivity contribution in [3.05, 3.63) is 59.2 Å². The van der Waals surface area contributed by atoms with Crippen molar-refractivity contribution in [3.8, 4) is 11.5 Å². The van der Waals surface area contributed by atoms with Crippen LogP contribution in [0, 0.1) is 0 Å². The molecule has 0 saturated heterocycles. The van der Waals surface area contributed by atoms with Crippen LogP contribution in [0.5, 0.6) is 11.5 Å². The first-order valence-electron chi connectivity index (χ1n) is 8.76. The summed E-state index contributed by atoms with van der Waals surface area (Å²) in [6.45, 7) is 5.02. The molecule has 2 aromatic rings. The average Bonchev–Trinajstić information content (AvgIpc) is 3.12. The summed E-state index contributed by atoms with van der Waals surface area (Å²) in [7, 11) is 1.70. The van der Waals surface area contributed by atoms with E-state index in [1.807, 2.05) is 24.3 Å². The quantitative estimate of drug-likeness (QED) is 0.359. The second kappa shape index (κ2) is 11.0. The summed E-state index contributed by atoms with van der Waals surface area (Å²) in [6, 6.07) is 14.2. The minimum atomic E-state index is 0. The molecule has 146 valence electrons. The first-order valence-corrected chi connectivity index (χ1v) is 8.76. The second-order valence-corrected chi connectivity index (χ2v) is 5.99. The maximum atomic E-state index is 5.42. The van der Waals surface area contributed by atoms with Gasteiger partial charge in [-0.3, -0.25) is 0 Å². The van der Waals surface area contributed by atoms with Crippen LogP contribution >= 0.6 is 24.0 Å². The zero-order valence-electron chi connectivity index (χ0n) is 15.7. The molecule has 0 atom stereocenters. The zero-order chi connectivity index (χ0) is 18.2. The third-order valence-electron chi connectivity index (χ3n) is 3.96. The minimum Gasteiger partial charge on any atom is -0.454 e. The third kappa shape index (κ3) is 6.28. The zero-order valence-corrected chi connectivity index (χ0v) is 18.0. The Hall–Kier alpha value is -2.00. The number of aliphatic imine (C=N–C) groups is 1. The summed E-state index contributed by atoms with van der Waals surface area (Å²) in [4.78, 5) is 4.67. The Labute approximate surface area is 177 Å². The van der Waals surface area contributed by atoms with Crippen LogP contribution in [0.1, 0.15) is 23.6 Å². The molecule has 2 N–H and O–H groups in total. The van der Waals surface area contributed by atoms with E-state index in [2.05, 4.69) is 40.7 Å². The lowest BCUT2D eigenvalue weighted by Gasteiger charge is -2.12. The topological polar surface area (TPSA) is 64.1 Å². The Kier molecular flexibility index (Phi) is 8.66. The molecule has 6 nitrogen and oxygen atoms in total. The predicted molar refractivity (Wildman–Crippen MR) is 117 cm³/mol. The summed E-state index contributed by atoms with van der Waals surface area (Å²) in [5, 5.41) is 6.63. The molecule has 1 aliphatic rings. The Morgan fingerprint density at radius 2 is 1.85 bits per heavy atom. The number of rotatable bonds is 7. The first-order chi connectivity index (χ1) is 12.8. The molecule has 0 spiro atoms. The van der Waals surface area contributed by atoms with E-state index in [0.717, 1.165) is 40.7 Å². The second-order valence-electron chi connectivity index (χ2n) is 5.99. The largest absolute Gasteiger partial charge is 0.454 e. The van der Waals surface area contributed by atoms with Crippen LogP contribution in [0.3, 0.4) is 0 Å². The summed E-state index contributed by atoms with van der Waals surface area (Å²) >= 11 is 0. The van der Waals surface area contributed by atoms with Gasteiger partial charge in [-0.05, 0) is 35.7 Å². The van der Waals surface area contributed by atoms with Crippen molar-refractivity contribution in [1.29, 1.82) is 0 Å². The predicted octanol–water partition coefficient (Wildman–Crippen LogP) is 3.44. The van der Waals surface area contributed by atoms with E-state index in [-0.39, 0.29) is 24.0 Å². The Bertz CT molecular complexity index is 768. The molecule has 0 amide bonds. The van der Waals surface area contributed by atoms with Gasteiger partial charge in [0, 0.05) is 20.2 Å². The van der Waals surface area contributed by atoms with Gasteiger partial charge >= 0.3 is 0 Å². The van der Waals surface area contributed by atoms with E-state index in [1.165, 1.54) is 0 Å². The highest BCUT2D eigenvalue weighted by Crippen LogP contribution is 2.32. The fourth-order valence-electron chi connectivity index (χ4n) is 2.73. The van der Waals surface area contributed by atoms with E-state index in [9.17, 15) is 0 Å². The van der Waals surface area contributed by atoms with Gasteiger partial charge in [-0.25, -0.2) is 4.99 Å². The number of ether oxygens (including phenoxy) is 3. The lowest BCUT2D eigenvalue weighted by Crippen LogP contribution is -2.36. The van der Waals surface area contributed by atoms with Crippen LogP contribution in [-0.4, -0.2) is 26.4 Å². The van der Waals surface area contributed by atoms with Gasteiger partial charge < -0.3 is 24.8 Å². The summed E-state index contributed by atoms with van der Waals surface area (Å²) in [5.74, 6) is 2.37. The van der Waals surface area contributed by atoms with Crippen LogP contribution in [0.4, 0.5) is 0 Å². The van der Waals surface area contributed by atoms with Crippen molar-refractivity contribution in [1.82, 2.24) is 10.6 Å². The van der Waals surface area contributed by atoms with Crippen LogP contribution in [0.25, 0.3) is 0 Å². The molecule has 1 aliphatic heterocycles. The molecule has 27 heavy (non-hydrogen) atoms. The summed E-state index contributed by atoms with van der Waals surface area (Å²) in [5.41, 5.74) is 3.42. The Balaban J connectivity index is 0.00000261. The number of nitrogens with one attached hydrogen (secondary N) is 2. The molecule has 0 aromatic heterocycles. The first kappa shape index (κ1) is 21.3. The van der Waals surface area contributed by atoms with Gasteiger partial charge in [-0.2, -0.15) is 0 Å². The van der Waals surface area contributed by atoms with Gasteiger partial charge in [-0.1, -0.05) is 30.3 Å². The molecule has 0 fully saturated rings. The molecular formula is C20H26IN3O3. The van der Waals surface area contributed by atoms with Gasteiger partial charge in [0.2, 0.25) is 6.79 Å². The lowest BCUT2D eigenvalue weighted by molar-refractivity contribution is 0.174. The van der Waals surface area contributed by atoms with Gasteiger partial charge in [0.05, 0.1) is 13.2 Å². The summed E-state index contributed by atoms with van der Waals surface area (Å²) < 4.78 is 16.0. The number of fused-ring (bicyclic) bond motifs is 1. The van der Waals surface area contributed by atoms with E-state index in [4.69, 9.17) is 14.2 Å². The number of hydrogen-bond donors (Lipinski definition) is 2. The molecule has 0 radical (unpaired) electrons. The van der Waals surface area contributed by atoms with Gasteiger partial charge in [0.15, 0.2) is 17.5 Å². The fraction of sp³-hybridized carbons (Fsp3) is 0.350. The van der Waals surface area contributed by atoms with Crippen LogP contribution in [0.15, 0.2) is 47.5 Å². The number of benzene rings is 2. The minimum absolute atomic E-state index is 0. The average molecular weight is 483 g/mol. The highest BCUT2D eigenvalue weighted by atomic mass is 127. The standard InChI is InChI=1S/C20H25N3O3.HI/c1-3-21-20(22-11-15-5-4-6-17(9-15)13-24-2)23-12-16-7-8-18-19(10-16)26-14-25-18;/h4-10H,3,11-14H2,1-2H3,(H2,21,22,23);1H. The molecule has 0 unspecified atom stereocenters. The van der Waals surface area contributed by atoms with Crippen molar-refractivity contribution >= 4 is 29.9 Å². The number of nitrogens with zero attached hydrogens (tertiary/aromatic N) is 1. The maximum Gasteiger partial charge on any atom is 0.231 e. The normalized spacial score (nSPS) is 12.4. The molecule has 3 rings (SSSR count). The van der Waals surface area contributed by atoms with Gasteiger partial charge in [0.25, 0.3) is 0 Å². The lowest BCUT2D eigenvalue weighted by atomic mass is 10.1. The van der Waals surface area contributed by atoms with Crippen LogP contribution in [0.2, 0.25) is 0 Å². The van der Waals surface area contributed by atoms with E-state index in [1.54, 1.807) is 7.11 Å². The van der Waals surface area contributed by atoms with Gasteiger partial charge in [-0.15, -0.1) is 24.0 Å². The Morgan fingerprint density at radius 1 is 1.04 bits per heavy atom. The molecule has 7 heteroatoms. The molecule has 1 heterocycles. The van der Waals surface area contributed by atoms with Crippen LogP contribution < -0.4 is 20.1 Å². The van der Waals surface area contributed by atoms with E-state index >= 15 is 0 Å². The number of guanidine groups is 1. The number of halogens is 1. The molecule has 0 saturated carbocycles.